The lowest BCUT2D eigenvalue weighted by molar-refractivity contribution is 0.669. The van der Waals surface area contributed by atoms with Gasteiger partial charge in [0.2, 0.25) is 0 Å². The minimum absolute atomic E-state index is 0.0327. The highest BCUT2D eigenvalue weighted by atomic mass is 16.3. The number of hydrogen-bond acceptors (Lipinski definition) is 3. The molecule has 49 heavy (non-hydrogen) atoms. The van der Waals surface area contributed by atoms with Gasteiger partial charge in [-0.3, -0.25) is 0 Å². The van der Waals surface area contributed by atoms with E-state index >= 15 is 0 Å². The Balaban J connectivity index is 1.32. The summed E-state index contributed by atoms with van der Waals surface area (Å²) in [5, 5.41) is 4.73. The Morgan fingerprint density at radius 2 is 1.20 bits per heavy atom. The molecule has 230 valence electrons. The van der Waals surface area contributed by atoms with Gasteiger partial charge in [0.05, 0.1) is 27.7 Å². The van der Waals surface area contributed by atoms with E-state index in [9.17, 15) is 8.22 Å². The SMILES string of the molecule is [2H]c1c([2H])c([2H])c(N(c2c([2H])c([2H])c(-c3ccc4oc5ccccc5c4c3)c([2H])c2[2H])c2cccc3oc4c5ccccc5ccc4c23)c(-c2ccccc2)c1[2H]. The molecule has 8 aromatic carbocycles. The first-order valence-corrected chi connectivity index (χ1v) is 15.9. The summed E-state index contributed by atoms with van der Waals surface area (Å²) in [7, 11) is 0. The van der Waals surface area contributed by atoms with Gasteiger partial charge < -0.3 is 13.7 Å². The van der Waals surface area contributed by atoms with E-state index in [1.807, 2.05) is 66.7 Å². The molecule has 0 atom stereocenters. The molecule has 0 unspecified atom stereocenters. The predicted octanol–water partition coefficient (Wildman–Crippen LogP) is 13.4. The number of furan rings is 2. The van der Waals surface area contributed by atoms with Crippen LogP contribution in [0.25, 0.3) is 76.9 Å². The summed E-state index contributed by atoms with van der Waals surface area (Å²) < 4.78 is 87.2. The van der Waals surface area contributed by atoms with Crippen molar-refractivity contribution in [3.8, 4) is 22.3 Å². The topological polar surface area (TPSA) is 29.5 Å². The average molecular weight is 636 g/mol. The summed E-state index contributed by atoms with van der Waals surface area (Å²) in [4.78, 5) is 1.46. The number of nitrogens with zero attached hydrogens (tertiary/aromatic N) is 1. The second-order valence-corrected chi connectivity index (χ2v) is 11.9. The van der Waals surface area contributed by atoms with Crippen LogP contribution in [0.15, 0.2) is 185 Å². The van der Waals surface area contributed by atoms with E-state index in [-0.39, 0.29) is 40.6 Å². The number of hydrogen-bond donors (Lipinski definition) is 0. The maximum Gasteiger partial charge on any atom is 0.143 e. The molecule has 0 N–H and O–H groups in total. The number of anilines is 3. The molecule has 0 amide bonds. The fourth-order valence-electron chi connectivity index (χ4n) is 6.81. The normalized spacial score (nSPS) is 14.0. The van der Waals surface area contributed by atoms with Gasteiger partial charge in [-0.05, 0) is 76.6 Å². The molecule has 0 radical (unpaired) electrons. The van der Waals surface area contributed by atoms with Gasteiger partial charge in [0.15, 0.2) is 0 Å². The third-order valence-electron chi connectivity index (χ3n) is 9.06. The Hall–Kier alpha value is -6.58. The monoisotopic (exact) mass is 635 g/mol. The Labute approximate surface area is 294 Å². The molecule has 3 nitrogen and oxygen atoms in total. The molecule has 0 spiro atoms. The number of rotatable bonds is 5. The molecular formula is C46H29NO2. The molecule has 0 fully saturated rings. The second kappa shape index (κ2) is 11.0. The van der Waals surface area contributed by atoms with E-state index in [1.165, 1.54) is 4.90 Å². The molecule has 3 heteroatoms. The fraction of sp³-hybridized carbons (Fsp3) is 0. The summed E-state index contributed by atoms with van der Waals surface area (Å²) >= 11 is 0. The van der Waals surface area contributed by atoms with Gasteiger partial charge in [-0.1, -0.05) is 121 Å². The zero-order valence-corrected chi connectivity index (χ0v) is 25.9. The van der Waals surface area contributed by atoms with Gasteiger partial charge in [0, 0.05) is 32.8 Å². The van der Waals surface area contributed by atoms with Crippen molar-refractivity contribution < 1.29 is 19.8 Å². The van der Waals surface area contributed by atoms with E-state index < -0.39 is 30.2 Å². The van der Waals surface area contributed by atoms with Crippen LogP contribution in [0.3, 0.4) is 0 Å². The van der Waals surface area contributed by atoms with E-state index in [2.05, 4.69) is 0 Å². The van der Waals surface area contributed by atoms with Gasteiger partial charge >= 0.3 is 0 Å². The number of para-hydroxylation sites is 2. The third kappa shape index (κ3) is 4.44. The maximum atomic E-state index is 9.69. The summed E-state index contributed by atoms with van der Waals surface area (Å²) in [5.74, 6) is 0. The summed E-state index contributed by atoms with van der Waals surface area (Å²) in [6.07, 6.45) is 0. The first-order valence-electron chi connectivity index (χ1n) is 19.9. The Morgan fingerprint density at radius 3 is 2.10 bits per heavy atom. The van der Waals surface area contributed by atoms with Gasteiger partial charge in [-0.25, -0.2) is 0 Å². The molecule has 10 rings (SSSR count). The molecule has 0 saturated heterocycles. The van der Waals surface area contributed by atoms with Crippen LogP contribution in [0.2, 0.25) is 0 Å². The van der Waals surface area contributed by atoms with Crippen LogP contribution in [0.5, 0.6) is 0 Å². The van der Waals surface area contributed by atoms with E-state index in [0.717, 1.165) is 21.5 Å². The molecule has 0 aliphatic rings. The Bertz CT molecular complexity index is 3270. The lowest BCUT2D eigenvalue weighted by atomic mass is 9.99. The largest absolute Gasteiger partial charge is 0.456 e. The molecule has 0 aliphatic heterocycles. The van der Waals surface area contributed by atoms with Crippen LogP contribution >= 0.6 is 0 Å². The first kappa shape index (κ1) is 20.6. The summed E-state index contributed by atoms with van der Waals surface area (Å²) in [6.45, 7) is 0. The third-order valence-corrected chi connectivity index (χ3v) is 9.06. The molecule has 10 aromatic rings. The highest BCUT2D eigenvalue weighted by Crippen LogP contribution is 2.47. The molecule has 2 aromatic heterocycles. The van der Waals surface area contributed by atoms with Crippen molar-refractivity contribution in [3.05, 3.63) is 176 Å². The minimum Gasteiger partial charge on any atom is -0.456 e. The number of fused-ring (bicyclic) bond motifs is 8. The zero-order chi connectivity index (χ0) is 39.3. The van der Waals surface area contributed by atoms with Gasteiger partial charge in [0.25, 0.3) is 0 Å². The van der Waals surface area contributed by atoms with Gasteiger partial charge in [-0.15, -0.1) is 0 Å². The van der Waals surface area contributed by atoms with Gasteiger partial charge in [0.1, 0.15) is 22.3 Å². The molecule has 0 saturated carbocycles. The summed E-state index contributed by atoms with van der Waals surface area (Å²) in [5.41, 5.74) is 3.67. The van der Waals surface area contributed by atoms with Crippen molar-refractivity contribution in [3.63, 3.8) is 0 Å². The van der Waals surface area contributed by atoms with Crippen LogP contribution < -0.4 is 4.90 Å². The maximum absolute atomic E-state index is 9.69. The van der Waals surface area contributed by atoms with E-state index in [1.54, 1.807) is 60.7 Å². The molecule has 0 bridgehead atoms. The van der Waals surface area contributed by atoms with Crippen LogP contribution in [0, 0.1) is 0 Å². The van der Waals surface area contributed by atoms with Crippen molar-refractivity contribution in [2.24, 2.45) is 0 Å². The summed E-state index contributed by atoms with van der Waals surface area (Å²) in [6, 6.07) is 35.6. The van der Waals surface area contributed by atoms with Crippen molar-refractivity contribution in [2.75, 3.05) is 4.90 Å². The molecule has 2 heterocycles. The van der Waals surface area contributed by atoms with Gasteiger partial charge in [-0.2, -0.15) is 0 Å². The van der Waals surface area contributed by atoms with Crippen LogP contribution in [0.4, 0.5) is 17.1 Å². The van der Waals surface area contributed by atoms with E-state index in [4.69, 9.17) is 11.6 Å². The standard InChI is InChI=1S/C46H29NO2/c1-2-11-31(12-3-1)35-14-6-8-17-40(35)47(41-18-10-20-44-45(41)38-27-23-32-13-4-5-15-36(32)46(38)49-44)34-25-21-30(22-26-34)33-24-28-43-39(29-33)37-16-7-9-19-42(37)48-43/h1-29H/i6D,8D,14D,17D,21D,22D,25D,26D. The fourth-order valence-corrected chi connectivity index (χ4v) is 6.81. The number of benzene rings is 8. The highest BCUT2D eigenvalue weighted by molar-refractivity contribution is 6.20. The second-order valence-electron chi connectivity index (χ2n) is 11.9. The Kier molecular flexibility index (Phi) is 4.63. The lowest BCUT2D eigenvalue weighted by Gasteiger charge is -2.28. The van der Waals surface area contributed by atoms with Crippen LogP contribution in [0.1, 0.15) is 11.0 Å². The van der Waals surface area contributed by atoms with E-state index in [0.29, 0.717) is 49.9 Å². The lowest BCUT2D eigenvalue weighted by Crippen LogP contribution is -2.11. The average Bonchev–Trinajstić information content (AvgIpc) is 3.82. The smallest absolute Gasteiger partial charge is 0.143 e. The zero-order valence-electron chi connectivity index (χ0n) is 33.9. The van der Waals surface area contributed by atoms with Crippen LogP contribution in [-0.4, -0.2) is 0 Å². The van der Waals surface area contributed by atoms with Crippen molar-refractivity contribution in [1.29, 1.82) is 0 Å². The van der Waals surface area contributed by atoms with Crippen molar-refractivity contribution in [1.82, 2.24) is 0 Å². The Morgan fingerprint density at radius 1 is 0.449 bits per heavy atom. The van der Waals surface area contributed by atoms with Crippen molar-refractivity contribution >= 4 is 71.7 Å². The molecule has 0 aliphatic carbocycles. The van der Waals surface area contributed by atoms with Crippen molar-refractivity contribution in [2.45, 2.75) is 0 Å². The quantitative estimate of drug-likeness (QED) is 0.188. The first-order chi connectivity index (χ1) is 27.6. The highest BCUT2D eigenvalue weighted by Gasteiger charge is 2.22. The molecular weight excluding hydrogens is 599 g/mol. The van der Waals surface area contributed by atoms with Crippen LogP contribution in [-0.2, 0) is 0 Å². The predicted molar refractivity (Wildman–Crippen MR) is 204 cm³/mol. The minimum atomic E-state index is -0.512.